The highest BCUT2D eigenvalue weighted by molar-refractivity contribution is 14.0. The van der Waals surface area contributed by atoms with E-state index in [0.29, 0.717) is 12.5 Å². The van der Waals surface area contributed by atoms with Crippen molar-refractivity contribution in [2.75, 3.05) is 25.5 Å². The van der Waals surface area contributed by atoms with Crippen LogP contribution in [0.15, 0.2) is 52.1 Å². The van der Waals surface area contributed by atoms with Crippen molar-refractivity contribution in [2.45, 2.75) is 19.8 Å². The summed E-state index contributed by atoms with van der Waals surface area (Å²) in [5, 5.41) is 9.01. The SMILES string of the molecule is CCc1cccc(NC(=O)CNC(=NC)NCCc2ccco2)c1.I. The zero-order valence-corrected chi connectivity index (χ0v) is 16.9. The van der Waals surface area contributed by atoms with Crippen molar-refractivity contribution in [1.29, 1.82) is 0 Å². The van der Waals surface area contributed by atoms with E-state index in [4.69, 9.17) is 4.42 Å². The first kappa shape index (κ1) is 21.0. The molecule has 0 bridgehead atoms. The molecule has 0 saturated carbocycles. The first-order chi connectivity index (χ1) is 11.7. The Morgan fingerprint density at radius 1 is 1.20 bits per heavy atom. The fraction of sp³-hybridized carbons (Fsp3) is 0.333. The molecule has 0 fully saturated rings. The lowest BCUT2D eigenvalue weighted by molar-refractivity contribution is -0.115. The lowest BCUT2D eigenvalue weighted by Gasteiger charge is -2.12. The number of nitrogens with one attached hydrogen (secondary N) is 3. The monoisotopic (exact) mass is 456 g/mol. The summed E-state index contributed by atoms with van der Waals surface area (Å²) in [4.78, 5) is 16.1. The molecule has 0 aliphatic carbocycles. The smallest absolute Gasteiger partial charge is 0.243 e. The number of carbonyl (C=O) groups is 1. The van der Waals surface area contributed by atoms with Crippen molar-refractivity contribution in [3.8, 4) is 0 Å². The van der Waals surface area contributed by atoms with Gasteiger partial charge in [-0.1, -0.05) is 19.1 Å². The van der Waals surface area contributed by atoms with Crippen LogP contribution in [0.5, 0.6) is 0 Å². The summed E-state index contributed by atoms with van der Waals surface area (Å²) in [6.45, 7) is 2.91. The Balaban J connectivity index is 0.00000312. The van der Waals surface area contributed by atoms with E-state index in [2.05, 4.69) is 27.9 Å². The molecule has 1 aromatic carbocycles. The number of benzene rings is 1. The summed E-state index contributed by atoms with van der Waals surface area (Å²) in [5.41, 5.74) is 2.00. The zero-order chi connectivity index (χ0) is 17.2. The number of furan rings is 1. The van der Waals surface area contributed by atoms with Crippen molar-refractivity contribution >= 4 is 41.5 Å². The average Bonchev–Trinajstić information content (AvgIpc) is 3.11. The molecule has 25 heavy (non-hydrogen) atoms. The number of hydrogen-bond donors (Lipinski definition) is 3. The van der Waals surface area contributed by atoms with E-state index in [-0.39, 0.29) is 36.4 Å². The third-order valence-electron chi connectivity index (χ3n) is 3.50. The minimum absolute atomic E-state index is 0. The summed E-state index contributed by atoms with van der Waals surface area (Å²) in [7, 11) is 1.67. The van der Waals surface area contributed by atoms with Crippen LogP contribution in [0.1, 0.15) is 18.2 Å². The maximum atomic E-state index is 12.0. The molecule has 136 valence electrons. The number of amides is 1. The van der Waals surface area contributed by atoms with E-state index in [0.717, 1.165) is 24.3 Å². The fourth-order valence-corrected chi connectivity index (χ4v) is 2.22. The molecule has 7 heteroatoms. The highest BCUT2D eigenvalue weighted by Gasteiger charge is 2.05. The normalized spacial score (nSPS) is 10.7. The number of hydrogen-bond acceptors (Lipinski definition) is 3. The van der Waals surface area contributed by atoms with Crippen molar-refractivity contribution < 1.29 is 9.21 Å². The molecule has 0 spiro atoms. The molecule has 0 radical (unpaired) electrons. The van der Waals surface area contributed by atoms with Crippen LogP contribution >= 0.6 is 24.0 Å². The van der Waals surface area contributed by atoms with Gasteiger partial charge in [0.1, 0.15) is 5.76 Å². The molecule has 3 N–H and O–H groups in total. The fourth-order valence-electron chi connectivity index (χ4n) is 2.22. The molecule has 0 atom stereocenters. The zero-order valence-electron chi connectivity index (χ0n) is 14.5. The van der Waals surface area contributed by atoms with Gasteiger partial charge in [0.05, 0.1) is 12.8 Å². The highest BCUT2D eigenvalue weighted by Crippen LogP contribution is 2.10. The molecule has 0 aliphatic heterocycles. The Hall–Kier alpha value is -2.03. The van der Waals surface area contributed by atoms with Crippen molar-refractivity contribution in [1.82, 2.24) is 10.6 Å². The summed E-state index contributed by atoms with van der Waals surface area (Å²) in [6, 6.07) is 11.6. The minimum Gasteiger partial charge on any atom is -0.469 e. The number of aryl methyl sites for hydroxylation is 1. The standard InChI is InChI=1S/C18H24N4O2.HI/c1-3-14-6-4-7-15(12-14)22-17(23)13-21-18(19-2)20-10-9-16-8-5-11-24-16;/h4-8,11-12H,3,9-10,13H2,1-2H3,(H,22,23)(H2,19,20,21);1H. The molecule has 6 nitrogen and oxygen atoms in total. The van der Waals surface area contributed by atoms with E-state index < -0.39 is 0 Å². The van der Waals surface area contributed by atoms with Crippen molar-refractivity contribution in [3.05, 3.63) is 54.0 Å². The van der Waals surface area contributed by atoms with Crippen LogP contribution in [0, 0.1) is 0 Å². The van der Waals surface area contributed by atoms with E-state index in [1.54, 1.807) is 13.3 Å². The van der Waals surface area contributed by atoms with Gasteiger partial charge < -0.3 is 20.4 Å². The lowest BCUT2D eigenvalue weighted by atomic mass is 10.1. The quantitative estimate of drug-likeness (QED) is 0.340. The van der Waals surface area contributed by atoms with Gasteiger partial charge in [0, 0.05) is 25.7 Å². The van der Waals surface area contributed by atoms with Crippen LogP contribution in [-0.4, -0.2) is 32.0 Å². The predicted molar refractivity (Wildman–Crippen MR) is 112 cm³/mol. The summed E-state index contributed by atoms with van der Waals surface area (Å²) in [5.74, 6) is 1.38. The second-order valence-corrected chi connectivity index (χ2v) is 5.28. The third-order valence-corrected chi connectivity index (χ3v) is 3.50. The first-order valence-electron chi connectivity index (χ1n) is 8.07. The Labute approximate surface area is 165 Å². The average molecular weight is 456 g/mol. The largest absolute Gasteiger partial charge is 0.469 e. The van der Waals surface area contributed by atoms with Gasteiger partial charge in [-0.15, -0.1) is 24.0 Å². The van der Waals surface area contributed by atoms with E-state index in [1.807, 2.05) is 36.4 Å². The van der Waals surface area contributed by atoms with Gasteiger partial charge in [0.2, 0.25) is 5.91 Å². The topological polar surface area (TPSA) is 78.7 Å². The van der Waals surface area contributed by atoms with E-state index in [1.165, 1.54) is 5.56 Å². The molecule has 0 saturated heterocycles. The molecule has 1 heterocycles. The number of halogens is 1. The van der Waals surface area contributed by atoms with E-state index >= 15 is 0 Å². The molecular weight excluding hydrogens is 431 g/mol. The van der Waals surface area contributed by atoms with Gasteiger partial charge in [-0.05, 0) is 36.2 Å². The number of guanidine groups is 1. The van der Waals surface area contributed by atoms with Gasteiger partial charge in [0.25, 0.3) is 0 Å². The van der Waals surface area contributed by atoms with Gasteiger partial charge >= 0.3 is 0 Å². The number of nitrogens with zero attached hydrogens (tertiary/aromatic N) is 1. The van der Waals surface area contributed by atoms with Crippen molar-refractivity contribution in [2.24, 2.45) is 4.99 Å². The molecular formula is C18H25IN4O2. The van der Waals surface area contributed by atoms with E-state index in [9.17, 15) is 4.79 Å². The number of aliphatic imine (C=N–C) groups is 1. The first-order valence-corrected chi connectivity index (χ1v) is 8.07. The van der Waals surface area contributed by atoms with Gasteiger partial charge in [0.15, 0.2) is 5.96 Å². The Kier molecular flexibility index (Phi) is 9.68. The van der Waals surface area contributed by atoms with Crippen LogP contribution in [0.3, 0.4) is 0 Å². The highest BCUT2D eigenvalue weighted by atomic mass is 127. The Bertz CT molecular complexity index is 671. The molecule has 0 aliphatic rings. The number of carbonyl (C=O) groups excluding carboxylic acids is 1. The second-order valence-electron chi connectivity index (χ2n) is 5.28. The molecule has 2 rings (SSSR count). The second kappa shape index (κ2) is 11.5. The molecule has 1 amide bonds. The number of anilines is 1. The van der Waals surface area contributed by atoms with Crippen molar-refractivity contribution in [3.63, 3.8) is 0 Å². The van der Waals surface area contributed by atoms with Crippen LogP contribution < -0.4 is 16.0 Å². The summed E-state index contributed by atoms with van der Waals surface area (Å²) in [6.07, 6.45) is 3.35. The Morgan fingerprint density at radius 2 is 2.04 bits per heavy atom. The summed E-state index contributed by atoms with van der Waals surface area (Å²) >= 11 is 0. The van der Waals surface area contributed by atoms with Gasteiger partial charge in [-0.2, -0.15) is 0 Å². The third kappa shape index (κ3) is 7.59. The molecule has 0 unspecified atom stereocenters. The van der Waals surface area contributed by atoms with Crippen LogP contribution in [-0.2, 0) is 17.6 Å². The van der Waals surface area contributed by atoms with Crippen LogP contribution in [0.25, 0.3) is 0 Å². The predicted octanol–water partition coefficient (Wildman–Crippen LogP) is 2.81. The van der Waals surface area contributed by atoms with Gasteiger partial charge in [-0.3, -0.25) is 9.79 Å². The Morgan fingerprint density at radius 3 is 2.72 bits per heavy atom. The maximum absolute atomic E-state index is 12.0. The molecule has 1 aromatic heterocycles. The number of rotatable bonds is 7. The maximum Gasteiger partial charge on any atom is 0.243 e. The van der Waals surface area contributed by atoms with Gasteiger partial charge in [-0.25, -0.2) is 0 Å². The van der Waals surface area contributed by atoms with Crippen LogP contribution in [0.2, 0.25) is 0 Å². The molecule has 2 aromatic rings. The lowest BCUT2D eigenvalue weighted by Crippen LogP contribution is -2.42. The summed E-state index contributed by atoms with van der Waals surface area (Å²) < 4.78 is 5.27. The van der Waals surface area contributed by atoms with Crippen LogP contribution in [0.4, 0.5) is 5.69 Å². The minimum atomic E-state index is -0.114.